The number of allylic oxidation sites excluding steroid dienone is 15. The number of aliphatic hydroxyl groups excluding tert-OH is 8. The van der Waals surface area contributed by atoms with E-state index in [-0.39, 0.29) is 18.9 Å². The fraction of sp³-hybridized carbons (Fsp3) is 0.750. The van der Waals surface area contributed by atoms with Crippen LogP contribution in [0.5, 0.6) is 0 Å². The van der Waals surface area contributed by atoms with Crippen LogP contribution < -0.4 is 5.32 Å². The summed E-state index contributed by atoms with van der Waals surface area (Å²) in [5, 5.41) is 86.6. The number of hydrogen-bond acceptors (Lipinski definition) is 13. The van der Waals surface area contributed by atoms with Gasteiger partial charge in [-0.05, 0) is 77.0 Å². The number of hydrogen-bond donors (Lipinski definition) is 9. The van der Waals surface area contributed by atoms with Crippen LogP contribution in [-0.4, -0.2) is 140 Å². The number of carbonyl (C=O) groups is 1. The lowest BCUT2D eigenvalue weighted by Crippen LogP contribution is -2.65. The molecule has 0 aromatic carbocycles. The van der Waals surface area contributed by atoms with Crippen molar-refractivity contribution in [3.05, 3.63) is 97.2 Å². The molecular formula is C68H117NO13. The fourth-order valence-electron chi connectivity index (χ4n) is 10.1. The van der Waals surface area contributed by atoms with Crippen LogP contribution in [0.15, 0.2) is 97.2 Å². The summed E-state index contributed by atoms with van der Waals surface area (Å²) < 4.78 is 22.6. The molecule has 14 heteroatoms. The van der Waals surface area contributed by atoms with Gasteiger partial charge in [-0.1, -0.05) is 246 Å². The topological polar surface area (TPSA) is 228 Å². The zero-order valence-electron chi connectivity index (χ0n) is 50.9. The molecule has 12 unspecified atom stereocenters. The highest BCUT2D eigenvalue weighted by atomic mass is 16.7. The molecule has 2 aliphatic heterocycles. The van der Waals surface area contributed by atoms with Gasteiger partial charge in [0, 0.05) is 6.42 Å². The van der Waals surface area contributed by atoms with Gasteiger partial charge < -0.3 is 65.1 Å². The summed E-state index contributed by atoms with van der Waals surface area (Å²) in [6.07, 6.45) is 56.9. The maximum Gasteiger partial charge on any atom is 0.220 e. The van der Waals surface area contributed by atoms with Gasteiger partial charge >= 0.3 is 0 Å². The third kappa shape index (κ3) is 36.7. The van der Waals surface area contributed by atoms with E-state index < -0.39 is 86.8 Å². The normalized spacial score (nSPS) is 24.6. The number of aliphatic hydroxyl groups is 8. The summed E-state index contributed by atoms with van der Waals surface area (Å²) in [5.74, 6) is -0.254. The van der Waals surface area contributed by atoms with Crippen LogP contribution in [0, 0.1) is 0 Å². The Bertz CT molecular complexity index is 1740. The molecule has 0 saturated carbocycles. The van der Waals surface area contributed by atoms with Crippen molar-refractivity contribution >= 4 is 5.91 Å². The van der Waals surface area contributed by atoms with Crippen molar-refractivity contribution in [3.8, 4) is 0 Å². The van der Waals surface area contributed by atoms with Gasteiger partial charge in [0.05, 0.1) is 32.0 Å². The fourth-order valence-corrected chi connectivity index (χ4v) is 10.1. The van der Waals surface area contributed by atoms with Crippen molar-refractivity contribution in [3.63, 3.8) is 0 Å². The summed E-state index contributed by atoms with van der Waals surface area (Å²) >= 11 is 0. The quantitative estimate of drug-likeness (QED) is 0.0204. The molecule has 0 aromatic rings. The molecule has 1 amide bonds. The third-order valence-electron chi connectivity index (χ3n) is 15.2. The summed E-state index contributed by atoms with van der Waals surface area (Å²) in [6, 6.07) is -0.930. The predicted molar refractivity (Wildman–Crippen MR) is 332 cm³/mol. The van der Waals surface area contributed by atoms with Crippen molar-refractivity contribution in [2.45, 2.75) is 306 Å². The van der Waals surface area contributed by atoms with E-state index in [2.05, 4.69) is 104 Å². The van der Waals surface area contributed by atoms with Crippen molar-refractivity contribution < 1.29 is 64.6 Å². The summed E-state index contributed by atoms with van der Waals surface area (Å²) in [7, 11) is 0. The Morgan fingerprint density at radius 1 is 0.451 bits per heavy atom. The van der Waals surface area contributed by atoms with Gasteiger partial charge in [-0.25, -0.2) is 0 Å². The van der Waals surface area contributed by atoms with Crippen molar-refractivity contribution in [2.24, 2.45) is 0 Å². The monoisotopic (exact) mass is 1160 g/mol. The minimum absolute atomic E-state index is 0.254. The number of nitrogens with one attached hydrogen (secondary N) is 1. The molecule has 0 bridgehead atoms. The number of unbranched alkanes of at least 4 members (excludes halogenated alkanes) is 24. The molecule has 472 valence electrons. The second kappa shape index (κ2) is 52.3. The molecule has 0 radical (unpaired) electrons. The maximum absolute atomic E-state index is 13.2. The van der Waals surface area contributed by atoms with Crippen LogP contribution >= 0.6 is 0 Å². The Labute approximate surface area is 496 Å². The van der Waals surface area contributed by atoms with Crippen LogP contribution in [0.25, 0.3) is 0 Å². The van der Waals surface area contributed by atoms with Crippen molar-refractivity contribution in [1.29, 1.82) is 0 Å². The Balaban J connectivity index is 1.49. The highest BCUT2D eigenvalue weighted by molar-refractivity contribution is 5.76. The molecule has 2 saturated heterocycles. The van der Waals surface area contributed by atoms with Crippen LogP contribution in [0.1, 0.15) is 232 Å². The summed E-state index contributed by atoms with van der Waals surface area (Å²) in [5.41, 5.74) is 0. The van der Waals surface area contributed by atoms with Gasteiger partial charge in [-0.3, -0.25) is 4.79 Å². The first kappa shape index (κ1) is 75.0. The number of rotatable bonds is 51. The molecule has 0 aliphatic carbocycles. The number of ether oxygens (including phenoxy) is 4. The Kier molecular flexibility index (Phi) is 47.8. The van der Waals surface area contributed by atoms with Crippen molar-refractivity contribution in [1.82, 2.24) is 5.32 Å². The molecular weight excluding hydrogens is 1040 g/mol. The smallest absolute Gasteiger partial charge is 0.220 e. The van der Waals surface area contributed by atoms with E-state index >= 15 is 0 Å². The van der Waals surface area contributed by atoms with E-state index in [9.17, 15) is 45.6 Å². The molecule has 0 aromatic heterocycles. The summed E-state index contributed by atoms with van der Waals surface area (Å²) in [6.45, 7) is 2.54. The second-order valence-corrected chi connectivity index (χ2v) is 22.5. The van der Waals surface area contributed by atoms with E-state index in [1.165, 1.54) is 122 Å². The van der Waals surface area contributed by atoms with Crippen LogP contribution in [-0.2, 0) is 23.7 Å². The Morgan fingerprint density at radius 2 is 0.854 bits per heavy atom. The molecule has 9 N–H and O–H groups in total. The number of carbonyl (C=O) groups excluding carboxylic acids is 1. The zero-order valence-corrected chi connectivity index (χ0v) is 50.9. The van der Waals surface area contributed by atoms with Crippen LogP contribution in [0.2, 0.25) is 0 Å². The lowest BCUT2D eigenvalue weighted by Gasteiger charge is -2.46. The molecule has 82 heavy (non-hydrogen) atoms. The standard InChI is InChI=1S/C68H117NO13/c1-3-5-7-9-11-12-13-14-15-16-17-18-19-20-21-22-23-24-25-26-27-28-29-30-31-32-33-34-35-36-37-38-39-40-41-42-43-44-46-48-50-52-60(73)69-56(57(72)51-49-47-45-10-8-6-4-2)55-79-67-65(78)63(76)66(59(54-71)81-67)82-68-64(77)62(75)61(74)58(53-70)80-68/h5,7-8,10-12,14-15,17-18,20-21,23-24,49,51,56-59,61-68,70-72,74-78H,3-4,6,9,13,16,19,22,25-48,50,52-55H2,1-2H3,(H,69,73)/b7-5-,10-8+,12-11-,15-14-,18-17-,21-20-,24-23-,51-49+. The van der Waals surface area contributed by atoms with E-state index in [4.69, 9.17) is 18.9 Å². The second-order valence-electron chi connectivity index (χ2n) is 22.5. The highest BCUT2D eigenvalue weighted by Crippen LogP contribution is 2.30. The van der Waals surface area contributed by atoms with Crippen LogP contribution in [0.3, 0.4) is 0 Å². The minimum atomic E-state index is -1.79. The predicted octanol–water partition coefficient (Wildman–Crippen LogP) is 12.2. The molecule has 0 spiro atoms. The largest absolute Gasteiger partial charge is 0.394 e. The minimum Gasteiger partial charge on any atom is -0.394 e. The molecule has 2 rings (SSSR count). The van der Waals surface area contributed by atoms with E-state index in [1.807, 2.05) is 6.08 Å². The lowest BCUT2D eigenvalue weighted by molar-refractivity contribution is -0.359. The molecule has 2 fully saturated rings. The molecule has 2 heterocycles. The van der Waals surface area contributed by atoms with Crippen LogP contribution in [0.4, 0.5) is 0 Å². The Morgan fingerprint density at radius 3 is 1.33 bits per heavy atom. The number of amides is 1. The maximum atomic E-state index is 13.2. The van der Waals surface area contributed by atoms with E-state index in [0.29, 0.717) is 12.8 Å². The molecule has 12 atom stereocenters. The van der Waals surface area contributed by atoms with Gasteiger partial charge in [0.15, 0.2) is 12.6 Å². The molecule has 2 aliphatic rings. The lowest BCUT2D eigenvalue weighted by atomic mass is 9.97. The van der Waals surface area contributed by atoms with Gasteiger partial charge in [0.1, 0.15) is 48.8 Å². The first-order valence-corrected chi connectivity index (χ1v) is 32.5. The van der Waals surface area contributed by atoms with Gasteiger partial charge in [0.2, 0.25) is 5.91 Å². The van der Waals surface area contributed by atoms with E-state index in [1.54, 1.807) is 6.08 Å². The van der Waals surface area contributed by atoms with Gasteiger partial charge in [0.25, 0.3) is 0 Å². The summed E-state index contributed by atoms with van der Waals surface area (Å²) in [4.78, 5) is 13.2. The van der Waals surface area contributed by atoms with Crippen molar-refractivity contribution in [2.75, 3.05) is 19.8 Å². The Hall–Kier alpha value is -3.09. The van der Waals surface area contributed by atoms with Gasteiger partial charge in [-0.15, -0.1) is 0 Å². The third-order valence-corrected chi connectivity index (χ3v) is 15.2. The first-order valence-electron chi connectivity index (χ1n) is 32.5. The highest BCUT2D eigenvalue weighted by Gasteiger charge is 2.51. The average molecular weight is 1160 g/mol. The van der Waals surface area contributed by atoms with E-state index in [0.717, 1.165) is 77.0 Å². The average Bonchev–Trinajstić information content (AvgIpc) is 3.65. The van der Waals surface area contributed by atoms with Gasteiger partial charge in [-0.2, -0.15) is 0 Å². The molecule has 14 nitrogen and oxygen atoms in total. The first-order chi connectivity index (χ1) is 40.1. The SMILES string of the molecule is CC/C=C\C/C=C\C/C=C\C/C=C\C/C=C\C/C=C\CCCCCCCCCCCCCCCCCCCCCCCCC(=O)NC(COC1OC(CO)C(OC2OC(CO)C(O)C(O)C2O)C(O)C1O)C(O)/C=C/CC/C=C/CCC. The zero-order chi connectivity index (χ0) is 59.5.